The molecular formula is C20H16F2N2S2. The van der Waals surface area contributed by atoms with E-state index < -0.39 is 5.76 Å². The van der Waals surface area contributed by atoms with Crippen molar-refractivity contribution < 1.29 is 8.78 Å². The number of anilines is 2. The van der Waals surface area contributed by atoms with Crippen LogP contribution in [0.3, 0.4) is 0 Å². The number of rotatable bonds is 5. The number of hydrogen-bond donors (Lipinski definition) is 2. The van der Waals surface area contributed by atoms with Gasteiger partial charge in [0.1, 0.15) is 0 Å². The van der Waals surface area contributed by atoms with E-state index in [1.54, 1.807) is 24.3 Å². The first-order valence-corrected chi connectivity index (χ1v) is 9.18. The third-order valence-electron chi connectivity index (χ3n) is 3.60. The predicted octanol–water partition coefficient (Wildman–Crippen LogP) is 6.48. The second-order valence-electron chi connectivity index (χ2n) is 5.39. The van der Waals surface area contributed by atoms with Crippen LogP contribution in [0.5, 0.6) is 0 Å². The Labute approximate surface area is 160 Å². The van der Waals surface area contributed by atoms with Gasteiger partial charge in [-0.05, 0) is 48.1 Å². The fourth-order valence-electron chi connectivity index (χ4n) is 2.47. The molecule has 0 saturated heterocycles. The Morgan fingerprint density at radius 2 is 1.46 bits per heavy atom. The van der Waals surface area contributed by atoms with Crippen LogP contribution in [0.2, 0.25) is 0 Å². The molecule has 0 aliphatic rings. The van der Waals surface area contributed by atoms with Gasteiger partial charge in [-0.3, -0.25) is 0 Å². The van der Waals surface area contributed by atoms with Gasteiger partial charge < -0.3 is 10.6 Å². The lowest BCUT2D eigenvalue weighted by molar-refractivity contribution is 0.252. The maximum Gasteiger partial charge on any atom is 0.288 e. The summed E-state index contributed by atoms with van der Waals surface area (Å²) >= 11 is 5.90. The second kappa shape index (κ2) is 8.78. The number of para-hydroxylation sites is 1. The average Bonchev–Trinajstić information content (AvgIpc) is 2.64. The first kappa shape index (κ1) is 18.4. The zero-order valence-electron chi connectivity index (χ0n) is 13.7. The standard InChI is InChI=1S/C20H16F2N2S2/c21-19(22)26-16-12-10-15(11-13-16)23-20(25)24-18-9-5-4-8-17(18)14-6-2-1-3-7-14/h1-13,19H,(H2,23,24,25). The van der Waals surface area contributed by atoms with Gasteiger partial charge in [0.05, 0.1) is 0 Å². The van der Waals surface area contributed by atoms with Crippen LogP contribution < -0.4 is 10.6 Å². The van der Waals surface area contributed by atoms with Gasteiger partial charge in [0.2, 0.25) is 0 Å². The van der Waals surface area contributed by atoms with Crippen LogP contribution in [0.15, 0.2) is 83.8 Å². The van der Waals surface area contributed by atoms with Gasteiger partial charge >= 0.3 is 0 Å². The molecule has 0 heterocycles. The Bertz CT molecular complexity index is 868. The summed E-state index contributed by atoms with van der Waals surface area (Å²) in [7, 11) is 0. The highest BCUT2D eigenvalue weighted by Gasteiger charge is 2.07. The molecule has 26 heavy (non-hydrogen) atoms. The van der Waals surface area contributed by atoms with E-state index in [9.17, 15) is 8.78 Å². The smallest absolute Gasteiger partial charge is 0.288 e. The molecule has 132 valence electrons. The maximum atomic E-state index is 12.4. The first-order chi connectivity index (χ1) is 12.6. The van der Waals surface area contributed by atoms with Crippen molar-refractivity contribution in [2.75, 3.05) is 10.6 Å². The van der Waals surface area contributed by atoms with Crippen molar-refractivity contribution in [2.24, 2.45) is 0 Å². The van der Waals surface area contributed by atoms with E-state index >= 15 is 0 Å². The molecule has 0 radical (unpaired) electrons. The van der Waals surface area contributed by atoms with E-state index in [2.05, 4.69) is 10.6 Å². The van der Waals surface area contributed by atoms with Crippen LogP contribution in [0.1, 0.15) is 0 Å². The topological polar surface area (TPSA) is 24.1 Å². The van der Waals surface area contributed by atoms with Gasteiger partial charge in [-0.25, -0.2) is 0 Å². The molecule has 6 heteroatoms. The van der Waals surface area contributed by atoms with Gasteiger partial charge in [-0.2, -0.15) is 8.78 Å². The minimum atomic E-state index is -2.42. The summed E-state index contributed by atoms with van der Waals surface area (Å²) in [5.74, 6) is -2.42. The lowest BCUT2D eigenvalue weighted by Gasteiger charge is -2.14. The highest BCUT2D eigenvalue weighted by atomic mass is 32.2. The summed E-state index contributed by atoms with van der Waals surface area (Å²) in [6, 6.07) is 24.6. The molecule has 0 atom stereocenters. The van der Waals surface area contributed by atoms with E-state index in [4.69, 9.17) is 12.2 Å². The molecule has 2 nitrogen and oxygen atoms in total. The predicted molar refractivity (Wildman–Crippen MR) is 110 cm³/mol. The summed E-state index contributed by atoms with van der Waals surface area (Å²) in [5.41, 5.74) is 3.76. The normalized spacial score (nSPS) is 10.6. The van der Waals surface area contributed by atoms with Crippen molar-refractivity contribution in [1.29, 1.82) is 0 Å². The zero-order chi connectivity index (χ0) is 18.4. The first-order valence-electron chi connectivity index (χ1n) is 7.89. The molecule has 2 N–H and O–H groups in total. The minimum Gasteiger partial charge on any atom is -0.332 e. The largest absolute Gasteiger partial charge is 0.332 e. The molecule has 0 fully saturated rings. The quantitative estimate of drug-likeness (QED) is 0.387. The molecule has 0 bridgehead atoms. The third kappa shape index (κ3) is 5.03. The molecule has 0 unspecified atom stereocenters. The Morgan fingerprint density at radius 1 is 0.808 bits per heavy atom. The number of thioether (sulfide) groups is 1. The fourth-order valence-corrected chi connectivity index (χ4v) is 3.19. The van der Waals surface area contributed by atoms with E-state index in [0.717, 1.165) is 22.5 Å². The number of halogens is 2. The van der Waals surface area contributed by atoms with Gasteiger partial charge in [-0.1, -0.05) is 60.3 Å². The summed E-state index contributed by atoms with van der Waals surface area (Å²) in [6.45, 7) is 0. The number of benzene rings is 3. The van der Waals surface area contributed by atoms with Crippen molar-refractivity contribution in [1.82, 2.24) is 0 Å². The monoisotopic (exact) mass is 386 g/mol. The molecule has 3 aromatic rings. The van der Waals surface area contributed by atoms with E-state index in [1.165, 1.54) is 0 Å². The highest BCUT2D eigenvalue weighted by molar-refractivity contribution is 7.99. The second-order valence-corrected chi connectivity index (χ2v) is 6.87. The van der Waals surface area contributed by atoms with E-state index in [0.29, 0.717) is 21.8 Å². The van der Waals surface area contributed by atoms with Crippen molar-refractivity contribution in [3.8, 4) is 11.1 Å². The fraction of sp³-hybridized carbons (Fsp3) is 0.0500. The summed E-state index contributed by atoms with van der Waals surface area (Å²) in [4.78, 5) is 0.513. The number of hydrogen-bond acceptors (Lipinski definition) is 2. The molecule has 0 saturated carbocycles. The highest BCUT2D eigenvalue weighted by Crippen LogP contribution is 2.28. The van der Waals surface area contributed by atoms with Crippen molar-refractivity contribution in [3.05, 3.63) is 78.9 Å². The number of alkyl halides is 2. The van der Waals surface area contributed by atoms with Crippen LogP contribution in [0, 0.1) is 0 Å². The molecule has 0 spiro atoms. The Kier molecular flexibility index (Phi) is 6.20. The Balaban J connectivity index is 1.69. The molecule has 0 amide bonds. The van der Waals surface area contributed by atoms with Gasteiger partial charge in [0, 0.05) is 21.8 Å². The zero-order valence-corrected chi connectivity index (χ0v) is 15.3. The van der Waals surface area contributed by atoms with Crippen molar-refractivity contribution >= 4 is 40.5 Å². The van der Waals surface area contributed by atoms with Crippen LogP contribution in [0.25, 0.3) is 11.1 Å². The maximum absolute atomic E-state index is 12.4. The van der Waals surface area contributed by atoms with Crippen LogP contribution >= 0.6 is 24.0 Å². The Morgan fingerprint density at radius 3 is 2.15 bits per heavy atom. The van der Waals surface area contributed by atoms with Crippen molar-refractivity contribution in [3.63, 3.8) is 0 Å². The average molecular weight is 386 g/mol. The van der Waals surface area contributed by atoms with E-state index in [-0.39, 0.29) is 0 Å². The molecule has 0 aromatic heterocycles. The number of nitrogens with one attached hydrogen (secondary N) is 2. The third-order valence-corrected chi connectivity index (χ3v) is 4.52. The van der Waals surface area contributed by atoms with Gasteiger partial charge in [-0.15, -0.1) is 0 Å². The molecule has 0 aliphatic carbocycles. The Hall–Kier alpha value is -2.44. The molecule has 3 rings (SSSR count). The van der Waals surface area contributed by atoms with Crippen LogP contribution in [-0.4, -0.2) is 10.9 Å². The summed E-state index contributed by atoms with van der Waals surface area (Å²) < 4.78 is 24.7. The van der Waals surface area contributed by atoms with Crippen molar-refractivity contribution in [2.45, 2.75) is 10.7 Å². The van der Waals surface area contributed by atoms with Crippen LogP contribution in [-0.2, 0) is 0 Å². The summed E-state index contributed by atoms with van der Waals surface area (Å²) in [5, 5.41) is 6.71. The lowest BCUT2D eigenvalue weighted by atomic mass is 10.0. The molecule has 3 aromatic carbocycles. The molecular weight excluding hydrogens is 370 g/mol. The minimum absolute atomic E-state index is 0.433. The van der Waals surface area contributed by atoms with E-state index in [1.807, 2.05) is 54.6 Å². The number of thiocarbonyl (C=S) groups is 1. The summed E-state index contributed by atoms with van der Waals surface area (Å²) in [6.07, 6.45) is 0. The van der Waals surface area contributed by atoms with Gasteiger partial charge in [0.15, 0.2) is 5.11 Å². The SMILES string of the molecule is FC(F)Sc1ccc(NC(=S)Nc2ccccc2-c2ccccc2)cc1. The van der Waals surface area contributed by atoms with Gasteiger partial charge in [0.25, 0.3) is 5.76 Å². The van der Waals surface area contributed by atoms with Crippen LogP contribution in [0.4, 0.5) is 20.2 Å². The lowest BCUT2D eigenvalue weighted by Crippen LogP contribution is -2.19. The molecule has 0 aliphatic heterocycles.